The van der Waals surface area contributed by atoms with Crippen molar-refractivity contribution in [3.05, 3.63) is 22.9 Å². The predicted octanol–water partition coefficient (Wildman–Crippen LogP) is 0.859. The highest BCUT2D eigenvalue weighted by molar-refractivity contribution is 8.00. The van der Waals surface area contributed by atoms with E-state index in [0.717, 1.165) is 35.6 Å². The number of rotatable bonds is 3. The van der Waals surface area contributed by atoms with E-state index in [1.165, 1.54) is 0 Å². The third-order valence-corrected chi connectivity index (χ3v) is 5.90. The number of nitrogens with one attached hydrogen (secondary N) is 1. The Bertz CT molecular complexity index is 640. The maximum Gasteiger partial charge on any atom is 0.253 e. The number of carbonyl (C=O) groups is 3. The first-order valence-corrected chi connectivity index (χ1v) is 8.88. The molecule has 2 fully saturated rings. The van der Waals surface area contributed by atoms with Crippen LogP contribution in [0.15, 0.2) is 22.9 Å². The third kappa shape index (κ3) is 2.67. The number of likely N-dealkylation sites (N-methyl/N-ethyl adjacent to an activating group) is 1. The van der Waals surface area contributed by atoms with E-state index in [9.17, 15) is 14.4 Å². The maximum atomic E-state index is 12.3. The van der Waals surface area contributed by atoms with E-state index in [2.05, 4.69) is 5.32 Å². The molecule has 0 radical (unpaired) electrons. The highest BCUT2D eigenvalue weighted by Crippen LogP contribution is 2.40. The molecule has 0 aromatic heterocycles. The number of hydrogen-bond acceptors (Lipinski definition) is 4. The van der Waals surface area contributed by atoms with Crippen LogP contribution in [0.3, 0.4) is 0 Å². The summed E-state index contributed by atoms with van der Waals surface area (Å²) >= 11 is 1.64. The summed E-state index contributed by atoms with van der Waals surface area (Å²) in [4.78, 5) is 39.3. The van der Waals surface area contributed by atoms with Gasteiger partial charge < -0.3 is 10.2 Å². The van der Waals surface area contributed by atoms with Gasteiger partial charge in [0.25, 0.3) is 5.91 Å². The molecule has 3 heterocycles. The minimum Gasteiger partial charge on any atom is -0.342 e. The molecule has 0 aliphatic carbocycles. The molecule has 3 rings (SSSR count). The summed E-state index contributed by atoms with van der Waals surface area (Å²) in [6, 6.07) is -0.421. The zero-order valence-corrected chi connectivity index (χ0v) is 14.4. The highest BCUT2D eigenvalue weighted by Gasteiger charge is 2.51. The zero-order chi connectivity index (χ0) is 16.7. The Hall–Kier alpha value is -1.76. The number of amides is 3. The molecule has 3 amide bonds. The third-order valence-electron chi connectivity index (χ3n) is 4.60. The number of likely N-dealkylation sites (tertiary alicyclic amines) is 1. The highest BCUT2D eigenvalue weighted by atomic mass is 32.2. The number of carbonyl (C=O) groups excluding carboxylic acids is 3. The Morgan fingerprint density at radius 1 is 1.43 bits per heavy atom. The maximum absolute atomic E-state index is 12.3. The molecule has 0 aromatic carbocycles. The van der Waals surface area contributed by atoms with Gasteiger partial charge in [0.15, 0.2) is 0 Å². The van der Waals surface area contributed by atoms with Crippen molar-refractivity contribution in [3.63, 3.8) is 0 Å². The van der Waals surface area contributed by atoms with Crippen LogP contribution in [-0.2, 0) is 14.4 Å². The first kappa shape index (κ1) is 16.1. The smallest absolute Gasteiger partial charge is 0.253 e. The number of fused-ring (bicyclic) bond motifs is 1. The van der Waals surface area contributed by atoms with E-state index in [1.807, 2.05) is 13.0 Å². The van der Waals surface area contributed by atoms with Gasteiger partial charge in [0.1, 0.15) is 11.4 Å². The molecule has 2 saturated heterocycles. The molecule has 124 valence electrons. The predicted molar refractivity (Wildman–Crippen MR) is 88.4 cm³/mol. The Morgan fingerprint density at radius 2 is 2.17 bits per heavy atom. The zero-order valence-electron chi connectivity index (χ0n) is 13.6. The summed E-state index contributed by atoms with van der Waals surface area (Å²) in [5.41, 5.74) is 2.74. The van der Waals surface area contributed by atoms with Crippen molar-refractivity contribution >= 4 is 29.5 Å². The lowest BCUT2D eigenvalue weighted by Gasteiger charge is -2.50. The van der Waals surface area contributed by atoms with Crippen molar-refractivity contribution in [2.24, 2.45) is 0 Å². The van der Waals surface area contributed by atoms with Crippen molar-refractivity contribution < 1.29 is 14.4 Å². The summed E-state index contributed by atoms with van der Waals surface area (Å²) in [6.07, 6.45) is 3.07. The van der Waals surface area contributed by atoms with Gasteiger partial charge in [0.2, 0.25) is 11.8 Å². The number of nitrogens with zero attached hydrogens (tertiary/aromatic N) is 2. The van der Waals surface area contributed by atoms with Gasteiger partial charge >= 0.3 is 0 Å². The van der Waals surface area contributed by atoms with E-state index in [1.54, 1.807) is 35.5 Å². The summed E-state index contributed by atoms with van der Waals surface area (Å²) in [5.74, 6) is 0.657. The van der Waals surface area contributed by atoms with E-state index in [0.29, 0.717) is 6.42 Å². The average molecular weight is 335 g/mol. The van der Waals surface area contributed by atoms with Gasteiger partial charge in [-0.3, -0.25) is 19.3 Å². The number of β-lactam (4-membered cyclic amide) rings is 1. The van der Waals surface area contributed by atoms with Gasteiger partial charge in [0.05, 0.1) is 0 Å². The quantitative estimate of drug-likeness (QED) is 0.613. The Kier molecular flexibility index (Phi) is 4.23. The van der Waals surface area contributed by atoms with Gasteiger partial charge in [-0.1, -0.05) is 6.92 Å². The lowest BCUT2D eigenvalue weighted by molar-refractivity contribution is -0.145. The molecule has 3 aliphatic heterocycles. The van der Waals surface area contributed by atoms with Crippen LogP contribution in [0.4, 0.5) is 0 Å². The van der Waals surface area contributed by atoms with Crippen LogP contribution in [0.2, 0.25) is 0 Å². The topological polar surface area (TPSA) is 69.7 Å². The fraction of sp³-hybridized carbons (Fsp3) is 0.562. The molecular formula is C16H21N3O3S. The summed E-state index contributed by atoms with van der Waals surface area (Å²) in [5, 5.41) is 2.76. The van der Waals surface area contributed by atoms with Gasteiger partial charge in [0, 0.05) is 37.0 Å². The Labute approximate surface area is 139 Å². The van der Waals surface area contributed by atoms with Crippen LogP contribution in [-0.4, -0.2) is 58.3 Å². The van der Waals surface area contributed by atoms with Gasteiger partial charge in [-0.25, -0.2) is 0 Å². The molecule has 1 N–H and O–H groups in total. The van der Waals surface area contributed by atoms with E-state index < -0.39 is 6.04 Å². The molecule has 0 saturated carbocycles. The first-order chi connectivity index (χ1) is 10.9. The molecule has 3 aliphatic rings. The second-order valence-corrected chi connectivity index (χ2v) is 7.17. The lowest BCUT2D eigenvalue weighted by atomic mass is 10.0. The number of allylic oxidation sites excluding steroid dienone is 2. The molecule has 23 heavy (non-hydrogen) atoms. The van der Waals surface area contributed by atoms with Gasteiger partial charge in [-0.15, -0.1) is 11.8 Å². The van der Waals surface area contributed by atoms with Crippen molar-refractivity contribution in [3.8, 4) is 0 Å². The molecule has 0 unspecified atom stereocenters. The second kappa shape index (κ2) is 6.03. The number of hydrogen-bond donors (Lipinski definition) is 1. The van der Waals surface area contributed by atoms with Gasteiger partial charge in [-0.05, 0) is 25.0 Å². The molecule has 0 spiro atoms. The minimum absolute atomic E-state index is 0.0258. The van der Waals surface area contributed by atoms with Crippen LogP contribution in [0, 0.1) is 0 Å². The standard InChI is InChI=1S/C16H21N3O3S/c1-4-12(20)17-13-15(22)19-9(2)11(8-23-16(13)19)7-10-5-6-18(3)14(10)21/h7,13,16H,4-6,8H2,1-3H3,(H,17,20)/b10-7+/t13-,16-/m1/s1. The van der Waals surface area contributed by atoms with Crippen LogP contribution < -0.4 is 5.32 Å². The first-order valence-electron chi connectivity index (χ1n) is 7.84. The van der Waals surface area contributed by atoms with Crippen LogP contribution in [0.5, 0.6) is 0 Å². The van der Waals surface area contributed by atoms with E-state index in [-0.39, 0.29) is 23.1 Å². The number of thioether (sulfide) groups is 1. The molecule has 7 heteroatoms. The molecular weight excluding hydrogens is 314 g/mol. The van der Waals surface area contributed by atoms with Crippen molar-refractivity contribution in [1.82, 2.24) is 15.1 Å². The van der Waals surface area contributed by atoms with Crippen LogP contribution in [0.1, 0.15) is 26.7 Å². The lowest BCUT2D eigenvalue weighted by Crippen LogP contribution is -2.69. The van der Waals surface area contributed by atoms with Crippen LogP contribution >= 0.6 is 11.8 Å². The molecule has 0 aromatic rings. The SMILES string of the molecule is CCC(=O)N[C@@H]1C(=O)N2C(C)=C(/C=C3\CCN(C)C3=O)CS[C@H]12. The van der Waals surface area contributed by atoms with Crippen molar-refractivity contribution in [1.29, 1.82) is 0 Å². The monoisotopic (exact) mass is 335 g/mol. The molecule has 0 bridgehead atoms. The normalized spacial score (nSPS) is 29.1. The second-order valence-electron chi connectivity index (χ2n) is 6.07. The fourth-order valence-electron chi connectivity index (χ4n) is 3.07. The molecule has 6 nitrogen and oxygen atoms in total. The van der Waals surface area contributed by atoms with E-state index in [4.69, 9.17) is 0 Å². The Morgan fingerprint density at radius 3 is 2.78 bits per heavy atom. The van der Waals surface area contributed by atoms with Gasteiger partial charge in [-0.2, -0.15) is 0 Å². The van der Waals surface area contributed by atoms with Crippen LogP contribution in [0.25, 0.3) is 0 Å². The molecule has 2 atom stereocenters. The summed E-state index contributed by atoms with van der Waals surface area (Å²) in [7, 11) is 1.80. The van der Waals surface area contributed by atoms with Crippen molar-refractivity contribution in [2.75, 3.05) is 19.3 Å². The fourth-order valence-corrected chi connectivity index (χ4v) is 4.50. The van der Waals surface area contributed by atoms with Crippen molar-refractivity contribution in [2.45, 2.75) is 38.1 Å². The largest absolute Gasteiger partial charge is 0.342 e. The summed E-state index contributed by atoms with van der Waals surface area (Å²) < 4.78 is 0. The minimum atomic E-state index is -0.421. The average Bonchev–Trinajstić information content (AvgIpc) is 2.85. The van der Waals surface area contributed by atoms with E-state index >= 15 is 0 Å². The summed E-state index contributed by atoms with van der Waals surface area (Å²) in [6.45, 7) is 4.44. The Balaban J connectivity index is 1.77.